The number of hydrogen-bond acceptors (Lipinski definition) is 1. The van der Waals surface area contributed by atoms with Crippen molar-refractivity contribution in [2.45, 2.75) is 63.2 Å². The summed E-state index contributed by atoms with van der Waals surface area (Å²) in [6, 6.07) is 33.7. The number of anilines is 1. The van der Waals surface area contributed by atoms with Gasteiger partial charge in [0, 0.05) is 29.0 Å². The van der Waals surface area contributed by atoms with Gasteiger partial charge in [-0.05, 0) is 71.0 Å². The first-order valence-electron chi connectivity index (χ1n) is 15.0. The van der Waals surface area contributed by atoms with Crippen molar-refractivity contribution >= 4 is 22.0 Å². The number of rotatable bonds is 4. The highest BCUT2D eigenvalue weighted by Gasteiger charge is 2.47. The number of allylic oxidation sites excluding steroid dienone is 6. The van der Waals surface area contributed by atoms with Gasteiger partial charge < -0.3 is 4.90 Å². The summed E-state index contributed by atoms with van der Waals surface area (Å²) < 4.78 is 0. The Balaban J connectivity index is 1.32. The van der Waals surface area contributed by atoms with E-state index in [-0.39, 0.29) is 10.8 Å². The maximum atomic E-state index is 2.52. The van der Waals surface area contributed by atoms with E-state index in [1.807, 2.05) is 0 Å². The first kappa shape index (κ1) is 25.1. The zero-order valence-electron chi connectivity index (χ0n) is 24.1. The van der Waals surface area contributed by atoms with E-state index < -0.39 is 0 Å². The van der Waals surface area contributed by atoms with E-state index in [0.717, 1.165) is 6.42 Å². The monoisotopic (exact) mass is 521 g/mol. The molecule has 0 radical (unpaired) electrons. The van der Waals surface area contributed by atoms with Crippen molar-refractivity contribution < 1.29 is 0 Å². The van der Waals surface area contributed by atoms with E-state index in [2.05, 4.69) is 135 Å². The van der Waals surface area contributed by atoms with Crippen molar-refractivity contribution in [1.82, 2.24) is 0 Å². The number of benzene rings is 4. The summed E-state index contributed by atoms with van der Waals surface area (Å²) in [4.78, 5) is 2.52. The minimum atomic E-state index is -0.0553. The second kappa shape index (κ2) is 9.66. The molecule has 1 unspecified atom stereocenters. The van der Waals surface area contributed by atoms with Crippen LogP contribution in [0, 0.1) is 0 Å². The zero-order valence-corrected chi connectivity index (χ0v) is 24.1. The van der Waals surface area contributed by atoms with Gasteiger partial charge >= 0.3 is 0 Å². The molecule has 4 aromatic carbocycles. The van der Waals surface area contributed by atoms with Crippen molar-refractivity contribution in [3.8, 4) is 0 Å². The van der Waals surface area contributed by atoms with Crippen LogP contribution in [0.5, 0.6) is 0 Å². The fraction of sp³-hybridized carbons (Fsp3) is 0.282. The average Bonchev–Trinajstić information content (AvgIpc) is 3.34. The second-order valence-corrected chi connectivity index (χ2v) is 12.4. The van der Waals surface area contributed by atoms with E-state index in [1.54, 1.807) is 0 Å². The van der Waals surface area contributed by atoms with E-state index in [1.165, 1.54) is 87.7 Å². The summed E-state index contributed by atoms with van der Waals surface area (Å²) >= 11 is 0. The minimum absolute atomic E-state index is 0.0553. The lowest BCUT2D eigenvalue weighted by atomic mass is 9.68. The second-order valence-electron chi connectivity index (χ2n) is 12.4. The molecule has 40 heavy (non-hydrogen) atoms. The van der Waals surface area contributed by atoms with Crippen LogP contribution >= 0.6 is 0 Å². The maximum Gasteiger partial charge on any atom is 0.0527 e. The van der Waals surface area contributed by atoms with Crippen LogP contribution in [0.2, 0.25) is 0 Å². The van der Waals surface area contributed by atoms with Gasteiger partial charge in [0.15, 0.2) is 0 Å². The highest BCUT2D eigenvalue weighted by molar-refractivity contribution is 5.99. The van der Waals surface area contributed by atoms with E-state index in [4.69, 9.17) is 0 Å². The topological polar surface area (TPSA) is 3.24 Å². The molecule has 1 atom stereocenters. The van der Waals surface area contributed by atoms with E-state index in [9.17, 15) is 0 Å². The lowest BCUT2D eigenvalue weighted by Gasteiger charge is -2.36. The van der Waals surface area contributed by atoms with Gasteiger partial charge in [-0.15, -0.1) is 0 Å². The molecule has 0 amide bonds. The molecule has 0 aromatic heterocycles. The van der Waals surface area contributed by atoms with Gasteiger partial charge in [-0.3, -0.25) is 0 Å². The third-order valence-electron chi connectivity index (χ3n) is 10.2. The van der Waals surface area contributed by atoms with Crippen molar-refractivity contribution in [2.75, 3.05) is 11.9 Å². The lowest BCUT2D eigenvalue weighted by molar-refractivity contribution is 0.347. The summed E-state index contributed by atoms with van der Waals surface area (Å²) in [5.41, 5.74) is 11.6. The Labute approximate surface area is 239 Å². The molecule has 1 heteroatoms. The lowest BCUT2D eigenvalue weighted by Crippen LogP contribution is -2.31. The van der Waals surface area contributed by atoms with Crippen LogP contribution in [-0.2, 0) is 17.3 Å². The highest BCUT2D eigenvalue weighted by Crippen LogP contribution is 2.56. The molecular formula is C39H39N. The van der Waals surface area contributed by atoms with Gasteiger partial charge in [0.2, 0.25) is 0 Å². The van der Waals surface area contributed by atoms with Crippen molar-refractivity contribution in [1.29, 1.82) is 0 Å². The van der Waals surface area contributed by atoms with Crippen LogP contribution in [0.1, 0.15) is 68.2 Å². The van der Waals surface area contributed by atoms with E-state index >= 15 is 0 Å². The fourth-order valence-electron chi connectivity index (χ4n) is 8.27. The molecule has 1 aliphatic heterocycles. The molecule has 1 fully saturated rings. The summed E-state index contributed by atoms with van der Waals surface area (Å²) in [6.07, 6.45) is 14.7. The molecular weight excluding hydrogens is 482 g/mol. The van der Waals surface area contributed by atoms with Crippen LogP contribution in [0.15, 0.2) is 120 Å². The van der Waals surface area contributed by atoms with Gasteiger partial charge in [-0.2, -0.15) is 0 Å². The van der Waals surface area contributed by atoms with Crippen LogP contribution < -0.4 is 4.90 Å². The van der Waals surface area contributed by atoms with Crippen LogP contribution in [0.3, 0.4) is 0 Å². The molecule has 1 nitrogen and oxygen atoms in total. The molecule has 7 rings (SSSR count). The molecule has 0 N–H and O–H groups in total. The summed E-state index contributed by atoms with van der Waals surface area (Å²) in [5.74, 6) is 0. The SMILES string of the molecule is CC1=C(/C=C/C=C2/N(C)c3c(ccc4ccccc34)C23CCCCC3)C(C)(Cc2ccccc2)c2ccccc21. The van der Waals surface area contributed by atoms with E-state index in [0.29, 0.717) is 0 Å². The molecule has 1 saturated carbocycles. The largest absolute Gasteiger partial charge is 0.347 e. The summed E-state index contributed by atoms with van der Waals surface area (Å²) in [5, 5.41) is 2.71. The zero-order chi connectivity index (χ0) is 27.3. The molecule has 200 valence electrons. The first-order valence-corrected chi connectivity index (χ1v) is 15.0. The Hall–Kier alpha value is -3.84. The Morgan fingerprint density at radius 2 is 1.50 bits per heavy atom. The van der Waals surface area contributed by atoms with Crippen molar-refractivity contribution in [3.05, 3.63) is 143 Å². The first-order chi connectivity index (χ1) is 19.5. The number of fused-ring (bicyclic) bond motifs is 5. The molecule has 0 saturated heterocycles. The Kier molecular flexibility index (Phi) is 6.08. The maximum absolute atomic E-state index is 2.52. The van der Waals surface area contributed by atoms with Gasteiger partial charge in [0.25, 0.3) is 0 Å². The predicted octanol–water partition coefficient (Wildman–Crippen LogP) is 9.92. The average molecular weight is 522 g/mol. The smallest absolute Gasteiger partial charge is 0.0527 e. The quantitative estimate of drug-likeness (QED) is 0.258. The Bertz CT molecular complexity index is 1680. The standard InChI is InChI=1S/C39H39N/c1-28-31-18-10-11-20-34(31)38(2,27-29-15-6-4-7-16-29)33(28)21-14-22-36-39(25-12-5-13-26-39)35-24-23-30-17-8-9-19-32(30)37(35)40(36)3/h4,6-11,14-24H,5,12-13,25-27H2,1-3H3/b21-14+,36-22+. The van der Waals surface area contributed by atoms with Crippen molar-refractivity contribution in [2.24, 2.45) is 0 Å². The van der Waals surface area contributed by atoms with Gasteiger partial charge in [-0.25, -0.2) is 0 Å². The minimum Gasteiger partial charge on any atom is -0.347 e. The highest BCUT2D eigenvalue weighted by atomic mass is 15.2. The molecule has 0 bridgehead atoms. The molecule has 4 aromatic rings. The predicted molar refractivity (Wildman–Crippen MR) is 171 cm³/mol. The third kappa shape index (κ3) is 3.74. The molecule has 1 spiro atoms. The summed E-state index contributed by atoms with van der Waals surface area (Å²) in [6.45, 7) is 4.75. The Morgan fingerprint density at radius 1 is 0.775 bits per heavy atom. The van der Waals surface area contributed by atoms with Gasteiger partial charge in [-0.1, -0.05) is 129 Å². The van der Waals surface area contributed by atoms with Crippen LogP contribution in [0.25, 0.3) is 16.3 Å². The number of hydrogen-bond donors (Lipinski definition) is 0. The number of nitrogens with zero attached hydrogens (tertiary/aromatic N) is 1. The molecule has 1 heterocycles. The molecule has 3 aliphatic rings. The number of likely N-dealkylation sites (N-methyl/N-ethyl adjacent to an activating group) is 1. The summed E-state index contributed by atoms with van der Waals surface area (Å²) in [7, 11) is 2.30. The molecule has 2 aliphatic carbocycles. The fourth-order valence-corrected chi connectivity index (χ4v) is 8.27. The third-order valence-corrected chi connectivity index (χ3v) is 10.2. The van der Waals surface area contributed by atoms with Crippen LogP contribution in [0.4, 0.5) is 5.69 Å². The van der Waals surface area contributed by atoms with Gasteiger partial charge in [0.05, 0.1) is 5.69 Å². The Morgan fingerprint density at radius 3 is 2.33 bits per heavy atom. The normalized spacial score (nSPS) is 22.6. The van der Waals surface area contributed by atoms with Gasteiger partial charge in [0.1, 0.15) is 0 Å². The van der Waals surface area contributed by atoms with Crippen molar-refractivity contribution in [3.63, 3.8) is 0 Å². The van der Waals surface area contributed by atoms with Crippen LogP contribution in [-0.4, -0.2) is 7.05 Å².